The Bertz CT molecular complexity index is 134. The number of nitrogens with zero attached hydrogens (tertiary/aromatic N) is 1. The fraction of sp³-hybridized carbons (Fsp3) is 0.833. The fourth-order valence-electron chi connectivity index (χ4n) is 0.849. The van der Waals surface area contributed by atoms with Crippen LogP contribution in [-0.2, 0) is 4.74 Å². The lowest BCUT2D eigenvalue weighted by molar-refractivity contribution is 0.0869. The number of hydrogen-bond acceptors (Lipinski definition) is 2. The Kier molecular flexibility index (Phi) is 2.09. The average Bonchev–Trinajstić information content (AvgIpc) is 1.90. The van der Waals surface area contributed by atoms with Crippen molar-refractivity contribution in [3.8, 4) is 6.07 Å². The van der Waals surface area contributed by atoms with Crippen molar-refractivity contribution in [1.82, 2.24) is 0 Å². The van der Waals surface area contributed by atoms with Crippen LogP contribution in [-0.4, -0.2) is 17.5 Å². The average molecular weight is 190 g/mol. The van der Waals surface area contributed by atoms with Gasteiger partial charge in [0, 0.05) is 6.61 Å². The molecule has 0 radical (unpaired) electrons. The Balaban J connectivity index is 2.49. The van der Waals surface area contributed by atoms with Crippen LogP contribution < -0.4 is 0 Å². The molecule has 0 aromatic carbocycles. The van der Waals surface area contributed by atoms with Crippen LogP contribution in [0.5, 0.6) is 0 Å². The summed E-state index contributed by atoms with van der Waals surface area (Å²) >= 11 is 3.31. The maximum Gasteiger partial charge on any atom is 0.135 e. The van der Waals surface area contributed by atoms with Crippen molar-refractivity contribution in [3.63, 3.8) is 0 Å². The lowest BCUT2D eigenvalue weighted by atomic mass is 10.0. The lowest BCUT2D eigenvalue weighted by Crippen LogP contribution is -2.30. The lowest BCUT2D eigenvalue weighted by Gasteiger charge is -2.23. The molecule has 0 bridgehead atoms. The van der Waals surface area contributed by atoms with Crippen molar-refractivity contribution in [2.45, 2.75) is 17.2 Å². The highest BCUT2D eigenvalue weighted by atomic mass is 79.9. The zero-order valence-corrected chi connectivity index (χ0v) is 6.65. The molecule has 0 N–H and O–H groups in total. The number of hydrogen-bond donors (Lipinski definition) is 0. The Morgan fingerprint density at radius 1 is 1.67 bits per heavy atom. The summed E-state index contributed by atoms with van der Waals surface area (Å²) in [6, 6.07) is 2.17. The van der Waals surface area contributed by atoms with Crippen molar-refractivity contribution in [1.29, 1.82) is 5.26 Å². The summed E-state index contributed by atoms with van der Waals surface area (Å²) in [5.41, 5.74) is 0. The van der Waals surface area contributed by atoms with E-state index in [0.29, 0.717) is 6.61 Å². The maximum atomic E-state index is 8.57. The molecule has 9 heavy (non-hydrogen) atoms. The number of rotatable bonds is 0. The van der Waals surface area contributed by atoms with Gasteiger partial charge in [0.05, 0.1) is 12.7 Å². The van der Waals surface area contributed by atoms with Gasteiger partial charge in [0.15, 0.2) is 0 Å². The summed E-state index contributed by atoms with van der Waals surface area (Å²) in [6.07, 6.45) is 1.89. The molecule has 1 aliphatic heterocycles. The molecule has 1 fully saturated rings. The molecule has 0 spiro atoms. The molecule has 1 unspecified atom stereocenters. The zero-order chi connectivity index (χ0) is 6.74. The van der Waals surface area contributed by atoms with E-state index in [-0.39, 0.29) is 4.32 Å². The van der Waals surface area contributed by atoms with E-state index in [4.69, 9.17) is 10.00 Å². The van der Waals surface area contributed by atoms with Gasteiger partial charge in [0.1, 0.15) is 4.32 Å². The van der Waals surface area contributed by atoms with Gasteiger partial charge < -0.3 is 4.74 Å². The quantitative estimate of drug-likeness (QED) is 0.541. The number of alkyl halides is 1. The normalized spacial score (nSPS) is 35.6. The highest BCUT2D eigenvalue weighted by Crippen LogP contribution is 2.27. The predicted molar refractivity (Wildman–Crippen MR) is 37.3 cm³/mol. The molecule has 0 amide bonds. The van der Waals surface area contributed by atoms with Crippen molar-refractivity contribution in [3.05, 3.63) is 0 Å². The summed E-state index contributed by atoms with van der Waals surface area (Å²) in [6.45, 7) is 1.33. The molecule has 1 heterocycles. The van der Waals surface area contributed by atoms with Crippen LogP contribution in [0.2, 0.25) is 0 Å². The molecule has 0 aromatic heterocycles. The second-order valence-electron chi connectivity index (χ2n) is 2.23. The summed E-state index contributed by atoms with van der Waals surface area (Å²) in [7, 11) is 0. The maximum absolute atomic E-state index is 8.57. The van der Waals surface area contributed by atoms with E-state index in [1.165, 1.54) is 0 Å². The topological polar surface area (TPSA) is 33.0 Å². The van der Waals surface area contributed by atoms with Crippen LogP contribution in [0, 0.1) is 11.3 Å². The molecule has 0 saturated carbocycles. The molecule has 1 aliphatic rings. The highest BCUT2D eigenvalue weighted by Gasteiger charge is 2.29. The first-order valence-corrected chi connectivity index (χ1v) is 3.74. The fourth-order valence-corrected chi connectivity index (χ4v) is 1.29. The number of halogens is 1. The van der Waals surface area contributed by atoms with Crippen LogP contribution in [0.3, 0.4) is 0 Å². The molecule has 1 saturated heterocycles. The predicted octanol–water partition coefficient (Wildman–Crippen LogP) is 1.45. The Hall–Kier alpha value is -0.0700. The van der Waals surface area contributed by atoms with E-state index in [9.17, 15) is 0 Å². The van der Waals surface area contributed by atoms with E-state index in [0.717, 1.165) is 19.4 Å². The van der Waals surface area contributed by atoms with E-state index < -0.39 is 0 Å². The largest absolute Gasteiger partial charge is 0.379 e. The van der Waals surface area contributed by atoms with E-state index in [1.54, 1.807) is 0 Å². The van der Waals surface area contributed by atoms with Crippen LogP contribution in [0.4, 0.5) is 0 Å². The molecule has 3 heteroatoms. The zero-order valence-electron chi connectivity index (χ0n) is 5.06. The van der Waals surface area contributed by atoms with Crippen molar-refractivity contribution in [2.75, 3.05) is 13.2 Å². The second kappa shape index (κ2) is 2.68. The summed E-state index contributed by atoms with van der Waals surface area (Å²) < 4.78 is 4.72. The Morgan fingerprint density at radius 3 is 2.78 bits per heavy atom. The molecule has 0 aliphatic carbocycles. The summed E-state index contributed by atoms with van der Waals surface area (Å²) in [5.74, 6) is 0. The van der Waals surface area contributed by atoms with Crippen molar-refractivity contribution in [2.24, 2.45) is 0 Å². The first-order chi connectivity index (χ1) is 4.27. The van der Waals surface area contributed by atoms with Gasteiger partial charge >= 0.3 is 0 Å². The first kappa shape index (κ1) is 7.04. The van der Waals surface area contributed by atoms with Crippen LogP contribution in [0.1, 0.15) is 12.8 Å². The smallest absolute Gasteiger partial charge is 0.135 e. The monoisotopic (exact) mass is 189 g/mol. The van der Waals surface area contributed by atoms with E-state index in [2.05, 4.69) is 22.0 Å². The second-order valence-corrected chi connectivity index (χ2v) is 3.75. The number of nitriles is 1. The van der Waals surface area contributed by atoms with E-state index >= 15 is 0 Å². The van der Waals surface area contributed by atoms with Crippen LogP contribution in [0.25, 0.3) is 0 Å². The molecular formula is C6H8BrNO. The van der Waals surface area contributed by atoms with Gasteiger partial charge in [-0.15, -0.1) is 0 Å². The third-order valence-electron chi connectivity index (χ3n) is 1.39. The van der Waals surface area contributed by atoms with Gasteiger partial charge in [-0.1, -0.05) is 15.9 Å². The minimum atomic E-state index is -0.384. The Morgan fingerprint density at radius 2 is 2.44 bits per heavy atom. The van der Waals surface area contributed by atoms with Crippen molar-refractivity contribution < 1.29 is 4.74 Å². The van der Waals surface area contributed by atoms with Crippen molar-refractivity contribution >= 4 is 15.9 Å². The van der Waals surface area contributed by atoms with Crippen LogP contribution in [0.15, 0.2) is 0 Å². The van der Waals surface area contributed by atoms with Gasteiger partial charge in [-0.3, -0.25) is 0 Å². The highest BCUT2D eigenvalue weighted by molar-refractivity contribution is 9.10. The van der Waals surface area contributed by atoms with Gasteiger partial charge in [0.25, 0.3) is 0 Å². The third-order valence-corrected chi connectivity index (χ3v) is 2.20. The van der Waals surface area contributed by atoms with E-state index in [1.807, 2.05) is 0 Å². The van der Waals surface area contributed by atoms with Gasteiger partial charge in [-0.2, -0.15) is 5.26 Å². The van der Waals surface area contributed by atoms with Gasteiger partial charge in [-0.25, -0.2) is 0 Å². The SMILES string of the molecule is N#CC1(Br)CCCOC1. The van der Waals surface area contributed by atoms with Crippen LogP contribution >= 0.6 is 15.9 Å². The third kappa shape index (κ3) is 1.67. The van der Waals surface area contributed by atoms with Gasteiger partial charge in [0.2, 0.25) is 0 Å². The minimum Gasteiger partial charge on any atom is -0.379 e. The molecule has 0 aromatic rings. The molecule has 50 valence electrons. The first-order valence-electron chi connectivity index (χ1n) is 2.95. The molecule has 2 nitrogen and oxygen atoms in total. The van der Waals surface area contributed by atoms with Gasteiger partial charge in [-0.05, 0) is 12.8 Å². The summed E-state index contributed by atoms with van der Waals surface area (Å²) in [4.78, 5) is 0. The molecule has 1 atom stereocenters. The Labute approximate surface area is 62.9 Å². The molecular weight excluding hydrogens is 182 g/mol. The minimum absolute atomic E-state index is 0.384. The number of ether oxygens (including phenoxy) is 1. The standard InChI is InChI=1S/C6H8BrNO/c7-6(4-8)2-1-3-9-5-6/h1-3,5H2. The molecule has 1 rings (SSSR count). The summed E-state index contributed by atoms with van der Waals surface area (Å²) in [5, 5.41) is 8.57.